The Kier molecular flexibility index (Phi) is 7.99. The first-order chi connectivity index (χ1) is 16.0. The van der Waals surface area contributed by atoms with Crippen LogP contribution in [0.2, 0.25) is 0 Å². The predicted octanol–water partition coefficient (Wildman–Crippen LogP) is 5.17. The van der Waals surface area contributed by atoms with E-state index in [1.54, 1.807) is 36.4 Å². The van der Waals surface area contributed by atoms with Crippen LogP contribution in [0.5, 0.6) is 0 Å². The zero-order valence-corrected chi connectivity index (χ0v) is 20.0. The number of aryl methyl sites for hydroxylation is 1. The molecule has 1 saturated carbocycles. The van der Waals surface area contributed by atoms with E-state index in [4.69, 9.17) is 0 Å². The maximum Gasteiger partial charge on any atom is 0.240 e. The second-order valence-electron chi connectivity index (χ2n) is 9.58. The van der Waals surface area contributed by atoms with E-state index < -0.39 is 10.0 Å². The van der Waals surface area contributed by atoms with Gasteiger partial charge >= 0.3 is 0 Å². The van der Waals surface area contributed by atoms with Gasteiger partial charge in [-0.25, -0.2) is 17.5 Å². The average molecular weight is 471 g/mol. The summed E-state index contributed by atoms with van der Waals surface area (Å²) < 4.78 is 41.4. The van der Waals surface area contributed by atoms with Gasteiger partial charge < -0.3 is 5.32 Å². The fourth-order valence-electron chi connectivity index (χ4n) is 5.46. The lowest BCUT2D eigenvalue weighted by Gasteiger charge is -2.36. The molecule has 0 aromatic heterocycles. The highest BCUT2D eigenvalue weighted by Gasteiger charge is 2.30. The van der Waals surface area contributed by atoms with Gasteiger partial charge in [0, 0.05) is 18.5 Å². The number of allylic oxidation sites excluding steroid dienone is 1. The summed E-state index contributed by atoms with van der Waals surface area (Å²) >= 11 is 0. The molecule has 2 aromatic carbocycles. The zero-order chi connectivity index (χ0) is 23.3. The molecule has 0 radical (unpaired) electrons. The largest absolute Gasteiger partial charge is 0.313 e. The average Bonchev–Trinajstić information content (AvgIpc) is 2.83. The van der Waals surface area contributed by atoms with Crippen LogP contribution < -0.4 is 10.0 Å². The first-order valence-corrected chi connectivity index (χ1v) is 13.6. The lowest BCUT2D eigenvalue weighted by molar-refractivity contribution is 0.252. The maximum absolute atomic E-state index is 13.7. The minimum absolute atomic E-state index is 0.152. The second-order valence-corrected chi connectivity index (χ2v) is 11.3. The summed E-state index contributed by atoms with van der Waals surface area (Å²) in [5.74, 6) is 1.20. The van der Waals surface area contributed by atoms with Crippen LogP contribution in [0.4, 0.5) is 4.39 Å². The van der Waals surface area contributed by atoms with Crippen LogP contribution in [0.1, 0.15) is 55.6 Å². The van der Waals surface area contributed by atoms with Crippen LogP contribution in [0.15, 0.2) is 66.1 Å². The number of halogens is 1. The summed E-state index contributed by atoms with van der Waals surface area (Å²) in [5.41, 5.74) is 2.40. The van der Waals surface area contributed by atoms with Gasteiger partial charge in [-0.2, -0.15) is 0 Å². The summed E-state index contributed by atoms with van der Waals surface area (Å²) in [7, 11) is -3.43. The van der Waals surface area contributed by atoms with Gasteiger partial charge in [-0.3, -0.25) is 0 Å². The van der Waals surface area contributed by atoms with E-state index in [9.17, 15) is 12.8 Å². The summed E-state index contributed by atoms with van der Waals surface area (Å²) in [6.45, 7) is 5.43. The Hall–Kier alpha value is -2.02. The van der Waals surface area contributed by atoms with Crippen molar-refractivity contribution < 1.29 is 12.8 Å². The van der Waals surface area contributed by atoms with Gasteiger partial charge in [0.2, 0.25) is 10.0 Å². The summed E-state index contributed by atoms with van der Waals surface area (Å²) in [5, 5.41) is 3.82. The van der Waals surface area contributed by atoms with Gasteiger partial charge in [0.25, 0.3) is 0 Å². The van der Waals surface area contributed by atoms with Crippen LogP contribution in [0.25, 0.3) is 0 Å². The Labute approximate surface area is 197 Å². The van der Waals surface area contributed by atoms with Crippen molar-refractivity contribution in [2.45, 2.75) is 61.8 Å². The number of rotatable bonds is 9. The number of fused-ring (bicyclic) bond motifs is 1. The van der Waals surface area contributed by atoms with Crippen molar-refractivity contribution in [3.8, 4) is 0 Å². The van der Waals surface area contributed by atoms with Crippen molar-refractivity contribution in [2.75, 3.05) is 13.1 Å². The van der Waals surface area contributed by atoms with Crippen LogP contribution in [-0.4, -0.2) is 27.5 Å². The van der Waals surface area contributed by atoms with Crippen molar-refractivity contribution in [2.24, 2.45) is 11.8 Å². The van der Waals surface area contributed by atoms with Gasteiger partial charge in [-0.05, 0) is 98.7 Å². The lowest BCUT2D eigenvalue weighted by Crippen LogP contribution is -2.41. The van der Waals surface area contributed by atoms with Crippen molar-refractivity contribution in [1.82, 2.24) is 10.0 Å². The van der Waals surface area contributed by atoms with Gasteiger partial charge in [-0.1, -0.05) is 30.3 Å². The number of nitrogens with one attached hydrogen (secondary N) is 2. The number of hydrogen-bond acceptors (Lipinski definition) is 3. The highest BCUT2D eigenvalue weighted by molar-refractivity contribution is 7.89. The third-order valence-corrected chi connectivity index (χ3v) is 8.83. The maximum atomic E-state index is 13.7. The zero-order valence-electron chi connectivity index (χ0n) is 19.2. The number of hydrogen-bond donors (Lipinski definition) is 2. The van der Waals surface area contributed by atoms with Crippen LogP contribution in [-0.2, 0) is 16.4 Å². The minimum Gasteiger partial charge on any atom is -0.313 e. The molecule has 33 heavy (non-hydrogen) atoms. The molecular weight excluding hydrogens is 435 g/mol. The van der Waals surface area contributed by atoms with E-state index in [2.05, 4.69) is 16.6 Å². The van der Waals surface area contributed by atoms with Crippen LogP contribution in [0.3, 0.4) is 0 Å². The molecule has 0 aliphatic heterocycles. The molecule has 0 amide bonds. The monoisotopic (exact) mass is 470 g/mol. The van der Waals surface area contributed by atoms with Crippen LogP contribution in [0, 0.1) is 17.7 Å². The third-order valence-electron chi connectivity index (χ3n) is 7.39. The normalized spacial score (nSPS) is 25.4. The molecule has 0 spiro atoms. The summed E-state index contributed by atoms with van der Waals surface area (Å²) in [6, 6.07) is 14.2. The van der Waals surface area contributed by atoms with E-state index in [1.807, 2.05) is 18.2 Å². The number of benzene rings is 2. The van der Waals surface area contributed by atoms with E-state index in [0.717, 1.165) is 57.1 Å². The first-order valence-electron chi connectivity index (χ1n) is 12.1. The smallest absolute Gasteiger partial charge is 0.240 e. The SMILES string of the molecule is C=CCC1c2ccc(F)cc2CCC1NCC1CCC(CNS(=O)(=O)c2ccccc2)CC1. The minimum atomic E-state index is -3.43. The molecule has 178 valence electrons. The van der Waals surface area contributed by atoms with Gasteiger partial charge in [-0.15, -0.1) is 6.58 Å². The fraction of sp³-hybridized carbons (Fsp3) is 0.481. The van der Waals surface area contributed by atoms with Crippen molar-refractivity contribution in [3.63, 3.8) is 0 Å². The number of sulfonamides is 1. The molecule has 2 atom stereocenters. The molecular formula is C27H35FN2O2S. The standard InChI is InChI=1S/C27H35FN2O2S/c1-2-6-26-25-15-14-23(28)17-22(25)13-16-27(26)29-18-20-9-11-21(12-10-20)19-30-33(31,32)24-7-4-3-5-8-24/h2-5,7-8,14-15,17,20-21,26-27,29-30H,1,6,9-13,16,18-19H2. The van der Waals surface area contributed by atoms with Gasteiger partial charge in [0.15, 0.2) is 0 Å². The molecule has 4 nitrogen and oxygen atoms in total. The first kappa shape index (κ1) is 24.1. The Balaban J connectivity index is 1.25. The molecule has 0 heterocycles. The van der Waals surface area contributed by atoms with Gasteiger partial charge in [0.05, 0.1) is 4.90 Å². The summed E-state index contributed by atoms with van der Waals surface area (Å²) in [6.07, 6.45) is 9.12. The van der Waals surface area contributed by atoms with E-state index in [1.165, 1.54) is 5.56 Å². The van der Waals surface area contributed by atoms with Gasteiger partial charge in [0.1, 0.15) is 5.82 Å². The van der Waals surface area contributed by atoms with E-state index >= 15 is 0 Å². The molecule has 0 saturated heterocycles. The predicted molar refractivity (Wildman–Crippen MR) is 131 cm³/mol. The van der Waals surface area contributed by atoms with Crippen LogP contribution >= 0.6 is 0 Å². The molecule has 1 fully saturated rings. The summed E-state index contributed by atoms with van der Waals surface area (Å²) in [4.78, 5) is 0.328. The Morgan fingerprint density at radius 3 is 2.36 bits per heavy atom. The van der Waals surface area contributed by atoms with E-state index in [0.29, 0.717) is 35.2 Å². The van der Waals surface area contributed by atoms with Crippen molar-refractivity contribution in [1.29, 1.82) is 0 Å². The molecule has 2 aliphatic rings. The quantitative estimate of drug-likeness (QED) is 0.497. The Morgan fingerprint density at radius 1 is 0.970 bits per heavy atom. The molecule has 2 aromatic rings. The molecule has 2 unspecified atom stereocenters. The molecule has 6 heteroatoms. The van der Waals surface area contributed by atoms with Crippen molar-refractivity contribution in [3.05, 3.63) is 78.1 Å². The highest BCUT2D eigenvalue weighted by Crippen LogP contribution is 2.36. The highest BCUT2D eigenvalue weighted by atomic mass is 32.2. The van der Waals surface area contributed by atoms with Crippen molar-refractivity contribution >= 4 is 10.0 Å². The molecule has 0 bridgehead atoms. The second kappa shape index (κ2) is 10.9. The Morgan fingerprint density at radius 2 is 1.67 bits per heavy atom. The molecule has 2 N–H and O–H groups in total. The van der Waals surface area contributed by atoms with E-state index in [-0.39, 0.29) is 5.82 Å². The Bertz CT molecular complexity index is 1030. The fourth-order valence-corrected chi connectivity index (χ4v) is 6.60. The topological polar surface area (TPSA) is 58.2 Å². The molecule has 2 aliphatic carbocycles. The molecule has 4 rings (SSSR count). The third kappa shape index (κ3) is 6.11. The lowest BCUT2D eigenvalue weighted by atomic mass is 9.77.